The van der Waals surface area contributed by atoms with Gasteiger partial charge in [-0.15, -0.1) is 0 Å². The number of benzene rings is 2. The summed E-state index contributed by atoms with van der Waals surface area (Å²) in [5.41, 5.74) is 3.09. The molecule has 1 aliphatic heterocycles. The first-order chi connectivity index (χ1) is 18.2. The van der Waals surface area contributed by atoms with Crippen LogP contribution in [0.1, 0.15) is 28.5 Å². The SMILES string of the molecule is Cc1cccc(CNc2ncnc3c2ncn3[C@@H]2O[C@H](CNCc3ccc(C(F)(F)F)cc3)[C@@H](O)[C@H]2O)c1. The number of ether oxygens (including phenoxy) is 1. The topological polar surface area (TPSA) is 117 Å². The van der Waals surface area contributed by atoms with E-state index in [4.69, 9.17) is 4.74 Å². The number of fused-ring (bicyclic) bond motifs is 1. The second kappa shape index (κ2) is 10.7. The molecule has 0 spiro atoms. The van der Waals surface area contributed by atoms with Crippen molar-refractivity contribution in [3.63, 3.8) is 0 Å². The molecule has 38 heavy (non-hydrogen) atoms. The highest BCUT2D eigenvalue weighted by Gasteiger charge is 2.44. The van der Waals surface area contributed by atoms with Gasteiger partial charge in [0.1, 0.15) is 24.6 Å². The number of halogens is 3. The van der Waals surface area contributed by atoms with Gasteiger partial charge in [0.05, 0.1) is 11.9 Å². The molecule has 4 atom stereocenters. The van der Waals surface area contributed by atoms with Crippen LogP contribution in [0.5, 0.6) is 0 Å². The Bertz CT molecular complexity index is 1400. The van der Waals surface area contributed by atoms with Gasteiger partial charge in [-0.05, 0) is 30.2 Å². The number of aliphatic hydroxyl groups is 2. The van der Waals surface area contributed by atoms with Gasteiger partial charge in [-0.1, -0.05) is 42.0 Å². The number of aliphatic hydroxyl groups excluding tert-OH is 2. The summed E-state index contributed by atoms with van der Waals surface area (Å²) in [6.45, 7) is 2.99. The number of hydrogen-bond donors (Lipinski definition) is 4. The Morgan fingerprint density at radius 2 is 1.76 bits per heavy atom. The van der Waals surface area contributed by atoms with Crippen LogP contribution in [0.2, 0.25) is 0 Å². The Morgan fingerprint density at radius 3 is 2.50 bits per heavy atom. The summed E-state index contributed by atoms with van der Waals surface area (Å²) in [6, 6.07) is 12.9. The van der Waals surface area contributed by atoms with Crippen LogP contribution in [-0.2, 0) is 24.0 Å². The highest BCUT2D eigenvalue weighted by atomic mass is 19.4. The second-order valence-electron chi connectivity index (χ2n) is 9.26. The van der Waals surface area contributed by atoms with Crippen LogP contribution in [0.3, 0.4) is 0 Å². The molecule has 5 rings (SSSR count). The number of aryl methyl sites for hydroxylation is 1. The van der Waals surface area contributed by atoms with E-state index in [1.807, 2.05) is 25.1 Å². The summed E-state index contributed by atoms with van der Waals surface area (Å²) < 4.78 is 45.8. The number of alkyl halides is 3. The van der Waals surface area contributed by atoms with E-state index in [9.17, 15) is 23.4 Å². The van der Waals surface area contributed by atoms with Crippen molar-refractivity contribution in [2.75, 3.05) is 11.9 Å². The largest absolute Gasteiger partial charge is 0.416 e. The highest BCUT2D eigenvalue weighted by Crippen LogP contribution is 2.32. The Morgan fingerprint density at radius 1 is 0.974 bits per heavy atom. The third-order valence-corrected chi connectivity index (χ3v) is 6.47. The minimum Gasteiger partial charge on any atom is -0.387 e. The molecular formula is C26H27F3N6O3. The average Bonchev–Trinajstić information content (AvgIpc) is 3.44. The maximum Gasteiger partial charge on any atom is 0.416 e. The number of rotatable bonds is 8. The Balaban J connectivity index is 1.23. The van der Waals surface area contributed by atoms with E-state index in [0.717, 1.165) is 23.3 Å². The maximum atomic E-state index is 12.7. The standard InChI is InChI=1S/C26H27F3N6O3/c1-15-3-2-4-17(9-15)11-31-23-20-24(33-13-32-23)35(14-34-20)25-22(37)21(36)19(38-25)12-30-10-16-5-7-18(8-6-16)26(27,28)29/h2-9,13-14,19,21-22,25,30,36-37H,10-12H2,1H3,(H,31,32,33)/t19-,21-,22-,25-/m1/s1. The predicted octanol–water partition coefficient (Wildman–Crippen LogP) is 3.17. The molecule has 12 heteroatoms. The molecule has 2 aromatic heterocycles. The average molecular weight is 529 g/mol. The Hall–Kier alpha value is -3.58. The van der Waals surface area contributed by atoms with E-state index in [1.54, 1.807) is 4.57 Å². The number of nitrogens with zero attached hydrogens (tertiary/aromatic N) is 4. The predicted molar refractivity (Wildman–Crippen MR) is 133 cm³/mol. The number of imidazole rings is 1. The van der Waals surface area contributed by atoms with Gasteiger partial charge in [-0.25, -0.2) is 15.0 Å². The molecule has 9 nitrogen and oxygen atoms in total. The van der Waals surface area contributed by atoms with Crippen molar-refractivity contribution < 1.29 is 28.1 Å². The van der Waals surface area contributed by atoms with Gasteiger partial charge in [0, 0.05) is 19.6 Å². The lowest BCUT2D eigenvalue weighted by atomic mass is 10.1. The number of anilines is 1. The first-order valence-corrected chi connectivity index (χ1v) is 12.1. The molecule has 3 heterocycles. The van der Waals surface area contributed by atoms with Crippen molar-refractivity contribution in [3.8, 4) is 0 Å². The highest BCUT2D eigenvalue weighted by molar-refractivity contribution is 5.82. The fourth-order valence-electron chi connectivity index (χ4n) is 4.47. The molecule has 0 radical (unpaired) electrons. The van der Waals surface area contributed by atoms with Crippen LogP contribution in [-0.4, -0.2) is 54.6 Å². The van der Waals surface area contributed by atoms with Crippen molar-refractivity contribution in [1.82, 2.24) is 24.8 Å². The zero-order chi connectivity index (χ0) is 26.9. The molecule has 0 bridgehead atoms. The normalized spacial score (nSPS) is 21.7. The lowest BCUT2D eigenvalue weighted by Gasteiger charge is -2.17. The van der Waals surface area contributed by atoms with Crippen molar-refractivity contribution in [1.29, 1.82) is 0 Å². The van der Waals surface area contributed by atoms with E-state index in [2.05, 4.69) is 31.7 Å². The van der Waals surface area contributed by atoms with E-state index < -0.39 is 36.3 Å². The van der Waals surface area contributed by atoms with E-state index in [0.29, 0.717) is 29.1 Å². The number of hydrogen-bond acceptors (Lipinski definition) is 8. The minimum atomic E-state index is -4.39. The molecule has 2 aromatic carbocycles. The monoisotopic (exact) mass is 528 g/mol. The van der Waals surface area contributed by atoms with Gasteiger partial charge in [-0.2, -0.15) is 13.2 Å². The molecule has 0 amide bonds. The van der Waals surface area contributed by atoms with Gasteiger partial charge in [0.25, 0.3) is 0 Å². The fourth-order valence-corrected chi connectivity index (χ4v) is 4.47. The first-order valence-electron chi connectivity index (χ1n) is 12.1. The van der Waals surface area contributed by atoms with Gasteiger partial charge in [0.15, 0.2) is 23.2 Å². The van der Waals surface area contributed by atoms with Crippen LogP contribution in [0.4, 0.5) is 19.0 Å². The third kappa shape index (κ3) is 5.48. The molecule has 1 fully saturated rings. The number of nitrogens with one attached hydrogen (secondary N) is 2. The van der Waals surface area contributed by atoms with Crippen LogP contribution in [0.15, 0.2) is 61.2 Å². The summed E-state index contributed by atoms with van der Waals surface area (Å²) in [6.07, 6.45) is -5.66. The molecular weight excluding hydrogens is 501 g/mol. The molecule has 4 N–H and O–H groups in total. The smallest absolute Gasteiger partial charge is 0.387 e. The lowest BCUT2D eigenvalue weighted by molar-refractivity contribution is -0.137. The lowest BCUT2D eigenvalue weighted by Crippen LogP contribution is -2.37. The van der Waals surface area contributed by atoms with Crippen LogP contribution >= 0.6 is 0 Å². The van der Waals surface area contributed by atoms with E-state index >= 15 is 0 Å². The molecule has 0 saturated carbocycles. The van der Waals surface area contributed by atoms with Gasteiger partial charge < -0.3 is 25.6 Å². The Kier molecular flexibility index (Phi) is 7.30. The van der Waals surface area contributed by atoms with Gasteiger partial charge >= 0.3 is 6.18 Å². The van der Waals surface area contributed by atoms with Crippen LogP contribution in [0, 0.1) is 6.92 Å². The zero-order valence-corrected chi connectivity index (χ0v) is 20.4. The van der Waals surface area contributed by atoms with Crippen LogP contribution in [0.25, 0.3) is 11.2 Å². The van der Waals surface area contributed by atoms with E-state index in [1.165, 1.54) is 24.8 Å². The molecule has 0 aliphatic carbocycles. The van der Waals surface area contributed by atoms with Gasteiger partial charge in [0.2, 0.25) is 0 Å². The first kappa shape index (κ1) is 26.0. The molecule has 1 saturated heterocycles. The minimum absolute atomic E-state index is 0.167. The van der Waals surface area contributed by atoms with Crippen LogP contribution < -0.4 is 10.6 Å². The molecule has 1 aliphatic rings. The summed E-state index contributed by atoms with van der Waals surface area (Å²) in [5, 5.41) is 27.6. The van der Waals surface area contributed by atoms with Crippen molar-refractivity contribution in [2.24, 2.45) is 0 Å². The summed E-state index contributed by atoms with van der Waals surface area (Å²) in [7, 11) is 0. The molecule has 4 aromatic rings. The maximum absolute atomic E-state index is 12.7. The molecule has 200 valence electrons. The third-order valence-electron chi connectivity index (χ3n) is 6.47. The quantitative estimate of drug-likeness (QED) is 0.276. The fraction of sp³-hybridized carbons (Fsp3) is 0.346. The summed E-state index contributed by atoms with van der Waals surface area (Å²) in [4.78, 5) is 13.0. The van der Waals surface area contributed by atoms with Gasteiger partial charge in [-0.3, -0.25) is 4.57 Å². The Labute approximate surface area is 216 Å². The van der Waals surface area contributed by atoms with Crippen molar-refractivity contribution in [3.05, 3.63) is 83.4 Å². The van der Waals surface area contributed by atoms with E-state index in [-0.39, 0.29) is 13.1 Å². The summed E-state index contributed by atoms with van der Waals surface area (Å²) >= 11 is 0. The zero-order valence-electron chi connectivity index (χ0n) is 20.4. The van der Waals surface area contributed by atoms with Crippen molar-refractivity contribution >= 4 is 17.0 Å². The summed E-state index contributed by atoms with van der Waals surface area (Å²) in [5.74, 6) is 0.526. The second-order valence-corrected chi connectivity index (χ2v) is 9.26. The number of aromatic nitrogens is 4. The molecule has 0 unspecified atom stereocenters. The van der Waals surface area contributed by atoms with Crippen molar-refractivity contribution in [2.45, 2.75) is 50.7 Å².